The maximum absolute atomic E-state index is 11.5. The van der Waals surface area contributed by atoms with Crippen LogP contribution < -0.4 is 5.32 Å². The second kappa shape index (κ2) is 7.32. The predicted octanol–water partition coefficient (Wildman–Crippen LogP) is 1.84. The lowest BCUT2D eigenvalue weighted by atomic mass is 10.2. The van der Waals surface area contributed by atoms with Crippen molar-refractivity contribution in [3.63, 3.8) is 0 Å². The van der Waals surface area contributed by atoms with Crippen LogP contribution in [-0.4, -0.2) is 32.2 Å². The maximum Gasteiger partial charge on any atom is 0.339 e. The van der Waals surface area contributed by atoms with Crippen molar-refractivity contribution in [1.82, 2.24) is 0 Å². The highest BCUT2D eigenvalue weighted by molar-refractivity contribution is 5.95. The first kappa shape index (κ1) is 14.0. The molecular formula is C13H17NO4. The molecule has 0 aliphatic heterocycles. The van der Waals surface area contributed by atoms with Crippen molar-refractivity contribution in [3.05, 3.63) is 29.8 Å². The van der Waals surface area contributed by atoms with Crippen molar-refractivity contribution in [2.45, 2.75) is 13.3 Å². The molecule has 5 nitrogen and oxygen atoms in total. The monoisotopic (exact) mass is 251 g/mol. The maximum atomic E-state index is 11.5. The first-order valence-corrected chi connectivity index (χ1v) is 5.75. The number of nitrogens with one attached hydrogen (secondary N) is 1. The summed E-state index contributed by atoms with van der Waals surface area (Å²) in [5.41, 5.74) is 1.09. The van der Waals surface area contributed by atoms with Crippen LogP contribution in [0.3, 0.4) is 0 Å². The van der Waals surface area contributed by atoms with Gasteiger partial charge in [0.1, 0.15) is 0 Å². The van der Waals surface area contributed by atoms with Gasteiger partial charge in [-0.15, -0.1) is 0 Å². The molecule has 0 heterocycles. The Morgan fingerprint density at radius 1 is 1.28 bits per heavy atom. The fourth-order valence-corrected chi connectivity index (χ4v) is 1.46. The Balaban J connectivity index is 2.57. The van der Waals surface area contributed by atoms with Gasteiger partial charge < -0.3 is 14.8 Å². The summed E-state index contributed by atoms with van der Waals surface area (Å²) in [6, 6.07) is 6.98. The van der Waals surface area contributed by atoms with Crippen LogP contribution in [0.4, 0.5) is 5.69 Å². The topological polar surface area (TPSA) is 64.6 Å². The van der Waals surface area contributed by atoms with E-state index < -0.39 is 5.97 Å². The number of methoxy groups -OCH3 is 1. The molecule has 1 rings (SSSR count). The molecule has 98 valence electrons. The number of rotatable bonds is 6. The van der Waals surface area contributed by atoms with E-state index in [1.165, 1.54) is 7.11 Å². The van der Waals surface area contributed by atoms with Gasteiger partial charge in [0, 0.05) is 12.2 Å². The van der Waals surface area contributed by atoms with Crippen LogP contribution in [0.25, 0.3) is 0 Å². The fraction of sp³-hybridized carbons (Fsp3) is 0.385. The van der Waals surface area contributed by atoms with Crippen LogP contribution in [0.1, 0.15) is 23.7 Å². The number of anilines is 1. The Labute approximate surface area is 106 Å². The largest absolute Gasteiger partial charge is 0.466 e. The molecule has 0 amide bonds. The van der Waals surface area contributed by atoms with Gasteiger partial charge in [0.25, 0.3) is 0 Å². The molecule has 0 radical (unpaired) electrons. The minimum absolute atomic E-state index is 0.253. The van der Waals surface area contributed by atoms with Crippen molar-refractivity contribution < 1.29 is 19.1 Å². The Kier molecular flexibility index (Phi) is 5.70. The van der Waals surface area contributed by atoms with Gasteiger partial charge in [-0.1, -0.05) is 12.1 Å². The second-order valence-corrected chi connectivity index (χ2v) is 3.52. The van der Waals surface area contributed by atoms with E-state index in [1.54, 1.807) is 31.2 Å². The molecule has 5 heteroatoms. The van der Waals surface area contributed by atoms with Crippen LogP contribution in [0, 0.1) is 0 Å². The Hall–Kier alpha value is -2.04. The van der Waals surface area contributed by atoms with E-state index in [1.807, 2.05) is 0 Å². The SMILES string of the molecule is CCOC(=O)CCNc1ccccc1C(=O)OC. The quantitative estimate of drug-likeness (QED) is 0.781. The van der Waals surface area contributed by atoms with Crippen molar-refractivity contribution in [3.8, 4) is 0 Å². The Bertz CT molecular complexity index is 417. The van der Waals surface area contributed by atoms with Crippen LogP contribution >= 0.6 is 0 Å². The fourth-order valence-electron chi connectivity index (χ4n) is 1.46. The van der Waals surface area contributed by atoms with E-state index in [0.29, 0.717) is 24.4 Å². The summed E-state index contributed by atoms with van der Waals surface area (Å²) in [6.07, 6.45) is 0.253. The summed E-state index contributed by atoms with van der Waals surface area (Å²) >= 11 is 0. The number of benzene rings is 1. The molecule has 1 aromatic carbocycles. The van der Waals surface area contributed by atoms with Crippen molar-refractivity contribution in [2.24, 2.45) is 0 Å². The van der Waals surface area contributed by atoms with Gasteiger partial charge in [-0.25, -0.2) is 4.79 Å². The molecule has 0 aliphatic carbocycles. The molecule has 0 bridgehead atoms. The molecule has 1 aromatic rings. The standard InChI is InChI=1S/C13H17NO4/c1-3-18-12(15)8-9-14-11-7-5-4-6-10(11)13(16)17-2/h4-7,14H,3,8-9H2,1-2H3. The third kappa shape index (κ3) is 4.08. The molecular weight excluding hydrogens is 234 g/mol. The zero-order chi connectivity index (χ0) is 13.4. The summed E-state index contributed by atoms with van der Waals surface area (Å²) in [5, 5.41) is 3.02. The summed E-state index contributed by atoms with van der Waals surface area (Å²) in [5.74, 6) is -0.671. The second-order valence-electron chi connectivity index (χ2n) is 3.52. The molecule has 0 saturated carbocycles. The van der Waals surface area contributed by atoms with Gasteiger partial charge in [-0.2, -0.15) is 0 Å². The van der Waals surface area contributed by atoms with Crippen molar-refractivity contribution in [1.29, 1.82) is 0 Å². The van der Waals surface area contributed by atoms with E-state index in [0.717, 1.165) is 0 Å². The lowest BCUT2D eigenvalue weighted by Gasteiger charge is -2.10. The molecule has 18 heavy (non-hydrogen) atoms. The number of hydrogen-bond acceptors (Lipinski definition) is 5. The predicted molar refractivity (Wildman–Crippen MR) is 67.5 cm³/mol. The molecule has 0 fully saturated rings. The number of para-hydroxylation sites is 1. The van der Waals surface area contributed by atoms with E-state index in [4.69, 9.17) is 4.74 Å². The summed E-state index contributed by atoms with van der Waals surface area (Å²) in [4.78, 5) is 22.6. The molecule has 0 aromatic heterocycles. The molecule has 0 unspecified atom stereocenters. The molecule has 1 N–H and O–H groups in total. The van der Waals surface area contributed by atoms with Crippen LogP contribution in [0.5, 0.6) is 0 Å². The zero-order valence-corrected chi connectivity index (χ0v) is 10.6. The highest BCUT2D eigenvalue weighted by Crippen LogP contribution is 2.15. The van der Waals surface area contributed by atoms with Gasteiger partial charge in [-0.05, 0) is 19.1 Å². The van der Waals surface area contributed by atoms with E-state index in [-0.39, 0.29) is 12.4 Å². The Morgan fingerprint density at radius 3 is 2.67 bits per heavy atom. The minimum atomic E-state index is -0.408. The lowest BCUT2D eigenvalue weighted by Crippen LogP contribution is -2.13. The zero-order valence-electron chi connectivity index (χ0n) is 10.6. The van der Waals surface area contributed by atoms with Gasteiger partial charge in [-0.3, -0.25) is 4.79 Å². The summed E-state index contributed by atoms with van der Waals surface area (Å²) in [6.45, 7) is 2.54. The third-order valence-electron chi connectivity index (χ3n) is 2.28. The van der Waals surface area contributed by atoms with E-state index in [2.05, 4.69) is 10.1 Å². The highest BCUT2D eigenvalue weighted by atomic mass is 16.5. The number of ether oxygens (including phenoxy) is 2. The van der Waals surface area contributed by atoms with Gasteiger partial charge in [0.2, 0.25) is 0 Å². The molecule has 0 spiro atoms. The van der Waals surface area contributed by atoms with Crippen LogP contribution in [-0.2, 0) is 14.3 Å². The van der Waals surface area contributed by atoms with Crippen molar-refractivity contribution >= 4 is 17.6 Å². The number of carbonyl (C=O) groups excluding carboxylic acids is 2. The normalized spacial score (nSPS) is 9.67. The first-order chi connectivity index (χ1) is 8.69. The van der Waals surface area contributed by atoms with Crippen LogP contribution in [0.2, 0.25) is 0 Å². The number of hydrogen-bond donors (Lipinski definition) is 1. The van der Waals surface area contributed by atoms with E-state index >= 15 is 0 Å². The van der Waals surface area contributed by atoms with E-state index in [9.17, 15) is 9.59 Å². The Morgan fingerprint density at radius 2 is 2.00 bits per heavy atom. The highest BCUT2D eigenvalue weighted by Gasteiger charge is 2.10. The number of esters is 2. The van der Waals surface area contributed by atoms with Gasteiger partial charge >= 0.3 is 11.9 Å². The minimum Gasteiger partial charge on any atom is -0.466 e. The summed E-state index contributed by atoms with van der Waals surface area (Å²) in [7, 11) is 1.33. The smallest absolute Gasteiger partial charge is 0.339 e. The molecule has 0 saturated heterocycles. The average Bonchev–Trinajstić information content (AvgIpc) is 2.39. The average molecular weight is 251 g/mol. The van der Waals surface area contributed by atoms with Gasteiger partial charge in [0.05, 0.1) is 25.7 Å². The van der Waals surface area contributed by atoms with Gasteiger partial charge in [0.15, 0.2) is 0 Å². The lowest BCUT2D eigenvalue weighted by molar-refractivity contribution is -0.142. The van der Waals surface area contributed by atoms with Crippen molar-refractivity contribution in [2.75, 3.05) is 25.6 Å². The third-order valence-corrected chi connectivity index (χ3v) is 2.28. The number of carbonyl (C=O) groups is 2. The molecule has 0 atom stereocenters. The summed E-state index contributed by atoms with van der Waals surface area (Å²) < 4.78 is 9.48. The van der Waals surface area contributed by atoms with Crippen LogP contribution in [0.15, 0.2) is 24.3 Å². The first-order valence-electron chi connectivity index (χ1n) is 5.75. The molecule has 0 aliphatic rings.